The number of nitrogens with zero attached hydrogens (tertiary/aromatic N) is 2. The summed E-state index contributed by atoms with van der Waals surface area (Å²) >= 11 is 7.38. The number of thioether (sulfide) groups is 1. The molecule has 0 atom stereocenters. The number of urea groups is 1. The fourth-order valence-corrected chi connectivity index (χ4v) is 4.34. The molecule has 1 N–H and O–H groups in total. The Morgan fingerprint density at radius 3 is 2.65 bits per heavy atom. The molecule has 0 aliphatic rings. The van der Waals surface area contributed by atoms with Crippen LogP contribution in [0.5, 0.6) is 0 Å². The van der Waals surface area contributed by atoms with Crippen molar-refractivity contribution in [3.63, 3.8) is 0 Å². The quantitative estimate of drug-likeness (QED) is 0.367. The Bertz CT molecular complexity index is 1040. The van der Waals surface area contributed by atoms with Gasteiger partial charge in [-0.3, -0.25) is 0 Å². The molecule has 3 aromatic rings. The van der Waals surface area contributed by atoms with Crippen molar-refractivity contribution >= 4 is 46.4 Å². The van der Waals surface area contributed by atoms with Crippen LogP contribution in [0.3, 0.4) is 0 Å². The van der Waals surface area contributed by atoms with E-state index < -0.39 is 11.5 Å². The summed E-state index contributed by atoms with van der Waals surface area (Å²) in [5.41, 5.74) is -2.26. The van der Waals surface area contributed by atoms with E-state index in [2.05, 4.69) is 10.3 Å². The summed E-state index contributed by atoms with van der Waals surface area (Å²) in [6.07, 6.45) is 1.74. The van der Waals surface area contributed by atoms with Crippen LogP contribution >= 0.6 is 34.7 Å². The number of rotatable bonds is 6. The summed E-state index contributed by atoms with van der Waals surface area (Å²) in [4.78, 5) is 18.8. The minimum absolute atomic E-state index is 0.0390. The van der Waals surface area contributed by atoms with Crippen molar-refractivity contribution in [2.24, 2.45) is 0 Å². The van der Waals surface area contributed by atoms with E-state index in [1.165, 1.54) is 29.5 Å². The standard InChI is InChI=1S/C21H19ClF3N3OS2/c1-13(2)28(12-14-4-3-5-15(10-14)19-26-8-9-30-19)20(29)27-18-7-6-16(11-17(18)22)31-21(23,24)25/h3-11,13H,12H2,1-2H3,(H,27,29). The lowest BCUT2D eigenvalue weighted by molar-refractivity contribution is -0.0328. The predicted octanol–water partition coefficient (Wildman–Crippen LogP) is 7.52. The van der Waals surface area contributed by atoms with Gasteiger partial charge in [0.15, 0.2) is 0 Å². The highest BCUT2D eigenvalue weighted by Gasteiger charge is 2.29. The molecule has 3 rings (SSSR count). The minimum Gasteiger partial charge on any atom is -0.318 e. The summed E-state index contributed by atoms with van der Waals surface area (Å²) in [6, 6.07) is 11.1. The third-order valence-corrected chi connectivity index (χ3v) is 6.12. The number of carbonyl (C=O) groups excluding carboxylic acids is 1. The van der Waals surface area contributed by atoms with Crippen molar-refractivity contribution in [3.8, 4) is 10.6 Å². The Morgan fingerprint density at radius 1 is 1.26 bits per heavy atom. The average Bonchev–Trinajstić information content (AvgIpc) is 3.22. The van der Waals surface area contributed by atoms with Gasteiger partial charge in [-0.2, -0.15) is 13.2 Å². The first kappa shape index (κ1) is 23.4. The molecule has 0 aliphatic heterocycles. The van der Waals surface area contributed by atoms with Gasteiger partial charge in [-0.1, -0.05) is 29.8 Å². The zero-order valence-corrected chi connectivity index (χ0v) is 19.0. The molecule has 1 heterocycles. The minimum atomic E-state index is -4.41. The molecule has 0 bridgehead atoms. The number of carbonyl (C=O) groups is 1. The Morgan fingerprint density at radius 2 is 2.03 bits per heavy atom. The number of benzene rings is 2. The van der Waals surface area contributed by atoms with E-state index in [9.17, 15) is 18.0 Å². The van der Waals surface area contributed by atoms with Gasteiger partial charge in [-0.05, 0) is 55.4 Å². The third-order valence-electron chi connectivity index (χ3n) is 4.26. The van der Waals surface area contributed by atoms with Crippen LogP contribution in [-0.4, -0.2) is 27.5 Å². The maximum Gasteiger partial charge on any atom is 0.446 e. The molecular weight excluding hydrogens is 467 g/mol. The summed E-state index contributed by atoms with van der Waals surface area (Å²) in [5.74, 6) is 0. The molecule has 0 fully saturated rings. The Kier molecular flexibility index (Phi) is 7.51. The van der Waals surface area contributed by atoms with Crippen molar-refractivity contribution in [3.05, 3.63) is 64.6 Å². The van der Waals surface area contributed by atoms with E-state index in [0.29, 0.717) is 6.54 Å². The molecule has 2 aromatic carbocycles. The normalized spacial score (nSPS) is 11.6. The molecule has 10 heteroatoms. The zero-order valence-electron chi connectivity index (χ0n) is 16.6. The fourth-order valence-electron chi connectivity index (χ4n) is 2.84. The number of thiazole rings is 1. The van der Waals surface area contributed by atoms with Gasteiger partial charge in [0.2, 0.25) is 0 Å². The molecule has 0 radical (unpaired) electrons. The second-order valence-corrected chi connectivity index (χ2v) is 9.32. The summed E-state index contributed by atoms with van der Waals surface area (Å²) in [6.45, 7) is 4.12. The first-order valence-corrected chi connectivity index (χ1v) is 11.3. The van der Waals surface area contributed by atoms with E-state index in [1.54, 1.807) is 11.1 Å². The molecule has 0 spiro atoms. The summed E-state index contributed by atoms with van der Waals surface area (Å²) < 4.78 is 37.6. The highest BCUT2D eigenvalue weighted by molar-refractivity contribution is 8.00. The molecule has 31 heavy (non-hydrogen) atoms. The molecule has 2 amide bonds. The number of hydrogen-bond donors (Lipinski definition) is 1. The predicted molar refractivity (Wildman–Crippen MR) is 121 cm³/mol. The van der Waals surface area contributed by atoms with Gasteiger partial charge < -0.3 is 10.2 Å². The van der Waals surface area contributed by atoms with Gasteiger partial charge >= 0.3 is 11.5 Å². The second kappa shape index (κ2) is 9.93. The largest absolute Gasteiger partial charge is 0.446 e. The van der Waals surface area contributed by atoms with E-state index >= 15 is 0 Å². The first-order valence-electron chi connectivity index (χ1n) is 9.24. The number of amides is 2. The molecule has 0 unspecified atom stereocenters. The average molecular weight is 486 g/mol. The van der Waals surface area contributed by atoms with Crippen LogP contribution in [-0.2, 0) is 6.54 Å². The highest BCUT2D eigenvalue weighted by atomic mass is 35.5. The molecule has 4 nitrogen and oxygen atoms in total. The molecule has 1 aromatic heterocycles. The van der Waals surface area contributed by atoms with Gasteiger partial charge in [-0.25, -0.2) is 9.78 Å². The van der Waals surface area contributed by atoms with Crippen LogP contribution < -0.4 is 5.32 Å². The van der Waals surface area contributed by atoms with Gasteiger partial charge in [0.25, 0.3) is 0 Å². The van der Waals surface area contributed by atoms with E-state index in [4.69, 9.17) is 11.6 Å². The van der Waals surface area contributed by atoms with Crippen LogP contribution in [0.1, 0.15) is 19.4 Å². The smallest absolute Gasteiger partial charge is 0.318 e. The maximum absolute atomic E-state index is 12.9. The first-order chi connectivity index (χ1) is 14.6. The van der Waals surface area contributed by atoms with Crippen LogP contribution in [0.4, 0.5) is 23.7 Å². The van der Waals surface area contributed by atoms with Crippen molar-refractivity contribution in [1.29, 1.82) is 0 Å². The summed E-state index contributed by atoms with van der Waals surface area (Å²) in [7, 11) is 0. The monoisotopic (exact) mass is 485 g/mol. The molecule has 0 saturated carbocycles. The second-order valence-electron chi connectivity index (χ2n) is 6.88. The molecular formula is C21H19ClF3N3OS2. The van der Waals surface area contributed by atoms with Gasteiger partial charge in [-0.15, -0.1) is 11.3 Å². The van der Waals surface area contributed by atoms with E-state index in [-0.39, 0.29) is 33.4 Å². The SMILES string of the molecule is CC(C)N(Cc1cccc(-c2nccs2)c1)C(=O)Nc1ccc(SC(F)(F)F)cc1Cl. The van der Waals surface area contributed by atoms with E-state index in [0.717, 1.165) is 16.1 Å². The zero-order chi connectivity index (χ0) is 22.6. The molecule has 0 saturated heterocycles. The Balaban J connectivity index is 1.74. The lowest BCUT2D eigenvalue weighted by Crippen LogP contribution is -2.39. The molecule has 164 valence electrons. The highest BCUT2D eigenvalue weighted by Crippen LogP contribution is 2.39. The van der Waals surface area contributed by atoms with Crippen LogP contribution in [0.25, 0.3) is 10.6 Å². The Hall–Kier alpha value is -2.23. The molecule has 0 aliphatic carbocycles. The van der Waals surface area contributed by atoms with Crippen LogP contribution in [0, 0.1) is 0 Å². The number of aromatic nitrogens is 1. The van der Waals surface area contributed by atoms with Crippen molar-refractivity contribution in [2.45, 2.75) is 36.8 Å². The number of hydrogen-bond acceptors (Lipinski definition) is 4. The number of halogens is 4. The maximum atomic E-state index is 12.9. The van der Waals surface area contributed by atoms with Crippen LogP contribution in [0.2, 0.25) is 5.02 Å². The lowest BCUT2D eigenvalue weighted by Gasteiger charge is -2.27. The van der Waals surface area contributed by atoms with Gasteiger partial charge in [0, 0.05) is 34.6 Å². The topological polar surface area (TPSA) is 45.2 Å². The van der Waals surface area contributed by atoms with Crippen molar-refractivity contribution in [1.82, 2.24) is 9.88 Å². The van der Waals surface area contributed by atoms with Crippen molar-refractivity contribution in [2.75, 3.05) is 5.32 Å². The van der Waals surface area contributed by atoms with Gasteiger partial charge in [0.05, 0.1) is 10.7 Å². The van der Waals surface area contributed by atoms with E-state index in [1.807, 2.05) is 43.5 Å². The number of alkyl halides is 3. The lowest BCUT2D eigenvalue weighted by atomic mass is 10.1. The Labute approximate surface area is 191 Å². The fraction of sp³-hybridized carbons (Fsp3) is 0.238. The number of nitrogens with one attached hydrogen (secondary N) is 1. The van der Waals surface area contributed by atoms with Crippen molar-refractivity contribution < 1.29 is 18.0 Å². The number of anilines is 1. The van der Waals surface area contributed by atoms with Crippen LogP contribution in [0.15, 0.2) is 58.9 Å². The van der Waals surface area contributed by atoms with Gasteiger partial charge in [0.1, 0.15) is 5.01 Å². The summed E-state index contributed by atoms with van der Waals surface area (Å²) in [5, 5.41) is 5.53. The third kappa shape index (κ3) is 6.62.